The fourth-order valence-electron chi connectivity index (χ4n) is 2.00. The highest BCUT2D eigenvalue weighted by molar-refractivity contribution is 6.04. The van der Waals surface area contributed by atoms with Crippen LogP contribution in [0, 0.1) is 11.2 Å². The molecule has 0 aliphatic rings. The Hall–Kier alpha value is -2.76. The van der Waals surface area contributed by atoms with Crippen LogP contribution in [-0.4, -0.2) is 16.8 Å². The predicted molar refractivity (Wildman–Crippen MR) is 88.1 cm³/mol. The van der Waals surface area contributed by atoms with Crippen LogP contribution in [0.1, 0.15) is 25.1 Å². The molecule has 6 heteroatoms. The summed E-state index contributed by atoms with van der Waals surface area (Å²) in [6.07, 6.45) is 1.64. The standard InChI is InChI=1S/C18H20FN3O2/c1-18(2,17(24)22-12-15-5-3-4-10-20-15)16(23)21-11-13-6-8-14(19)9-7-13/h3-10H,11-12H2,1-2H3,(H,21,23)(H,22,24). The van der Waals surface area contributed by atoms with Gasteiger partial charge in [-0.2, -0.15) is 0 Å². The predicted octanol–water partition coefficient (Wildman–Crippen LogP) is 2.18. The van der Waals surface area contributed by atoms with Crippen LogP contribution in [0.15, 0.2) is 48.7 Å². The number of aromatic nitrogens is 1. The second-order valence-electron chi connectivity index (χ2n) is 5.94. The van der Waals surface area contributed by atoms with Crippen molar-refractivity contribution < 1.29 is 14.0 Å². The molecule has 0 fully saturated rings. The van der Waals surface area contributed by atoms with Gasteiger partial charge in [-0.05, 0) is 43.7 Å². The minimum atomic E-state index is -1.23. The van der Waals surface area contributed by atoms with Gasteiger partial charge in [-0.3, -0.25) is 14.6 Å². The number of pyridine rings is 1. The van der Waals surface area contributed by atoms with Gasteiger partial charge in [0.1, 0.15) is 11.2 Å². The summed E-state index contributed by atoms with van der Waals surface area (Å²) in [6, 6.07) is 11.2. The van der Waals surface area contributed by atoms with Crippen LogP contribution in [0.25, 0.3) is 0 Å². The Bertz CT molecular complexity index is 700. The minimum Gasteiger partial charge on any atom is -0.351 e. The van der Waals surface area contributed by atoms with Gasteiger partial charge in [0.25, 0.3) is 0 Å². The van der Waals surface area contributed by atoms with Crippen LogP contribution in [0.3, 0.4) is 0 Å². The molecule has 0 radical (unpaired) electrons. The first-order valence-electron chi connectivity index (χ1n) is 7.60. The van der Waals surface area contributed by atoms with Gasteiger partial charge < -0.3 is 10.6 Å². The molecule has 24 heavy (non-hydrogen) atoms. The number of carbonyl (C=O) groups excluding carboxylic acids is 2. The Morgan fingerprint density at radius 3 is 2.21 bits per heavy atom. The largest absolute Gasteiger partial charge is 0.351 e. The van der Waals surface area contributed by atoms with E-state index in [0.29, 0.717) is 5.69 Å². The molecule has 2 rings (SSSR count). The fourth-order valence-corrected chi connectivity index (χ4v) is 2.00. The number of hydrogen-bond acceptors (Lipinski definition) is 3. The number of rotatable bonds is 6. The average molecular weight is 329 g/mol. The lowest BCUT2D eigenvalue weighted by Gasteiger charge is -2.22. The number of benzene rings is 1. The zero-order valence-electron chi connectivity index (χ0n) is 13.7. The molecule has 2 aromatic rings. The normalized spacial score (nSPS) is 11.0. The second-order valence-corrected chi connectivity index (χ2v) is 5.94. The monoisotopic (exact) mass is 329 g/mol. The maximum absolute atomic E-state index is 12.9. The fraction of sp³-hybridized carbons (Fsp3) is 0.278. The van der Waals surface area contributed by atoms with E-state index in [2.05, 4.69) is 15.6 Å². The van der Waals surface area contributed by atoms with Crippen LogP contribution >= 0.6 is 0 Å². The molecule has 1 aromatic carbocycles. The van der Waals surface area contributed by atoms with E-state index in [9.17, 15) is 14.0 Å². The molecule has 2 amide bonds. The molecular weight excluding hydrogens is 309 g/mol. The third-order valence-corrected chi connectivity index (χ3v) is 3.66. The van der Waals surface area contributed by atoms with E-state index in [4.69, 9.17) is 0 Å². The first kappa shape index (κ1) is 17.6. The molecule has 1 aromatic heterocycles. The maximum Gasteiger partial charge on any atom is 0.235 e. The van der Waals surface area contributed by atoms with Crippen molar-refractivity contribution in [3.63, 3.8) is 0 Å². The van der Waals surface area contributed by atoms with Crippen LogP contribution in [0.5, 0.6) is 0 Å². The van der Waals surface area contributed by atoms with Crippen molar-refractivity contribution in [3.8, 4) is 0 Å². The molecule has 126 valence electrons. The lowest BCUT2D eigenvalue weighted by molar-refractivity contribution is -0.141. The molecule has 0 spiro atoms. The molecule has 5 nitrogen and oxygen atoms in total. The van der Waals surface area contributed by atoms with Crippen molar-refractivity contribution in [2.45, 2.75) is 26.9 Å². The first-order chi connectivity index (χ1) is 11.4. The number of nitrogens with zero attached hydrogens (tertiary/aromatic N) is 1. The minimum absolute atomic E-state index is 0.232. The lowest BCUT2D eigenvalue weighted by Crippen LogP contribution is -2.47. The van der Waals surface area contributed by atoms with E-state index in [1.807, 2.05) is 6.07 Å². The molecule has 0 saturated heterocycles. The lowest BCUT2D eigenvalue weighted by atomic mass is 9.91. The topological polar surface area (TPSA) is 71.1 Å². The summed E-state index contributed by atoms with van der Waals surface area (Å²) in [6.45, 7) is 3.60. The van der Waals surface area contributed by atoms with Gasteiger partial charge in [0.15, 0.2) is 0 Å². The second kappa shape index (κ2) is 7.68. The Labute approximate surface area is 140 Å². The smallest absolute Gasteiger partial charge is 0.235 e. The van der Waals surface area contributed by atoms with Crippen molar-refractivity contribution in [3.05, 3.63) is 65.7 Å². The molecular formula is C18H20FN3O2. The highest BCUT2D eigenvalue weighted by Gasteiger charge is 2.35. The molecule has 0 aliphatic carbocycles. The Kier molecular flexibility index (Phi) is 5.63. The van der Waals surface area contributed by atoms with Gasteiger partial charge in [-0.15, -0.1) is 0 Å². The van der Waals surface area contributed by atoms with Gasteiger partial charge in [-0.1, -0.05) is 18.2 Å². The van der Waals surface area contributed by atoms with E-state index in [0.717, 1.165) is 5.56 Å². The summed E-state index contributed by atoms with van der Waals surface area (Å²) in [7, 11) is 0. The quantitative estimate of drug-likeness (QED) is 0.798. The van der Waals surface area contributed by atoms with Crippen molar-refractivity contribution in [1.29, 1.82) is 0 Å². The molecule has 2 N–H and O–H groups in total. The van der Waals surface area contributed by atoms with Crippen molar-refractivity contribution >= 4 is 11.8 Å². The summed E-state index contributed by atoms with van der Waals surface area (Å²) >= 11 is 0. The summed E-state index contributed by atoms with van der Waals surface area (Å²) in [5.74, 6) is -1.12. The SMILES string of the molecule is CC(C)(C(=O)NCc1ccc(F)cc1)C(=O)NCc1ccccn1. The highest BCUT2D eigenvalue weighted by Crippen LogP contribution is 2.16. The summed E-state index contributed by atoms with van der Waals surface area (Å²) in [4.78, 5) is 28.7. The van der Waals surface area contributed by atoms with E-state index < -0.39 is 11.3 Å². The molecule has 1 heterocycles. The molecule has 0 bridgehead atoms. The van der Waals surface area contributed by atoms with Gasteiger partial charge in [0, 0.05) is 12.7 Å². The van der Waals surface area contributed by atoms with Gasteiger partial charge in [0.05, 0.1) is 12.2 Å². The number of hydrogen-bond donors (Lipinski definition) is 2. The van der Waals surface area contributed by atoms with E-state index in [1.54, 1.807) is 44.3 Å². The highest BCUT2D eigenvalue weighted by atomic mass is 19.1. The third kappa shape index (κ3) is 4.62. The molecule has 0 atom stereocenters. The Morgan fingerprint density at radius 1 is 1.00 bits per heavy atom. The van der Waals surface area contributed by atoms with Crippen LogP contribution in [0.4, 0.5) is 4.39 Å². The Morgan fingerprint density at radius 2 is 1.62 bits per heavy atom. The maximum atomic E-state index is 12.9. The third-order valence-electron chi connectivity index (χ3n) is 3.66. The zero-order chi connectivity index (χ0) is 17.6. The summed E-state index contributed by atoms with van der Waals surface area (Å²) in [5.41, 5.74) is 0.247. The van der Waals surface area contributed by atoms with Gasteiger partial charge >= 0.3 is 0 Å². The van der Waals surface area contributed by atoms with E-state index >= 15 is 0 Å². The number of nitrogens with one attached hydrogen (secondary N) is 2. The van der Waals surface area contributed by atoms with E-state index in [-0.39, 0.29) is 24.8 Å². The van der Waals surface area contributed by atoms with E-state index in [1.165, 1.54) is 12.1 Å². The first-order valence-corrected chi connectivity index (χ1v) is 7.60. The van der Waals surface area contributed by atoms with Crippen molar-refractivity contribution in [2.75, 3.05) is 0 Å². The zero-order valence-corrected chi connectivity index (χ0v) is 13.7. The number of carbonyl (C=O) groups is 2. The van der Waals surface area contributed by atoms with Gasteiger partial charge in [-0.25, -0.2) is 4.39 Å². The Balaban J connectivity index is 1.88. The number of amides is 2. The summed E-state index contributed by atoms with van der Waals surface area (Å²) < 4.78 is 12.9. The van der Waals surface area contributed by atoms with Gasteiger partial charge in [0.2, 0.25) is 11.8 Å². The van der Waals surface area contributed by atoms with Crippen LogP contribution < -0.4 is 10.6 Å². The van der Waals surface area contributed by atoms with Crippen LogP contribution in [-0.2, 0) is 22.7 Å². The average Bonchev–Trinajstić information content (AvgIpc) is 2.59. The molecule has 0 aliphatic heterocycles. The molecule has 0 saturated carbocycles. The van der Waals surface area contributed by atoms with Crippen molar-refractivity contribution in [2.24, 2.45) is 5.41 Å². The summed E-state index contributed by atoms with van der Waals surface area (Å²) in [5, 5.41) is 5.41. The van der Waals surface area contributed by atoms with Crippen LogP contribution in [0.2, 0.25) is 0 Å². The molecule has 0 unspecified atom stereocenters. The van der Waals surface area contributed by atoms with Crippen molar-refractivity contribution in [1.82, 2.24) is 15.6 Å². The number of halogens is 1.